The van der Waals surface area contributed by atoms with Gasteiger partial charge in [-0.3, -0.25) is 9.78 Å². The molecule has 0 atom stereocenters. The summed E-state index contributed by atoms with van der Waals surface area (Å²) in [4.78, 5) is 16.0. The number of carbonyl (C=O) groups is 1. The predicted octanol–water partition coefficient (Wildman–Crippen LogP) is 3.04. The molecule has 2 rings (SSSR count). The molecule has 2 N–H and O–H groups in total. The summed E-state index contributed by atoms with van der Waals surface area (Å²) in [6.07, 6.45) is 3.02. The fourth-order valence-corrected chi connectivity index (χ4v) is 1.70. The molecule has 0 spiro atoms. The van der Waals surface area contributed by atoms with Crippen molar-refractivity contribution < 1.29 is 13.6 Å². The molecule has 0 radical (unpaired) electrons. The normalized spacial score (nSPS) is 10.2. The number of pyridine rings is 1. The molecule has 1 amide bonds. The van der Waals surface area contributed by atoms with Gasteiger partial charge >= 0.3 is 0 Å². The van der Waals surface area contributed by atoms with Crippen molar-refractivity contribution in [2.45, 2.75) is 6.92 Å². The number of hydrogen-bond acceptors (Lipinski definition) is 3. The Morgan fingerprint density at radius 1 is 1.25 bits per heavy atom. The van der Waals surface area contributed by atoms with Crippen LogP contribution in [0.5, 0.6) is 0 Å². The first-order valence-electron chi connectivity index (χ1n) is 6.06. The third kappa shape index (κ3) is 3.09. The van der Waals surface area contributed by atoms with E-state index in [1.165, 1.54) is 18.5 Å². The summed E-state index contributed by atoms with van der Waals surface area (Å²) in [5.74, 6) is -2.39. The van der Waals surface area contributed by atoms with Crippen LogP contribution in [0.15, 0.2) is 36.7 Å². The first kappa shape index (κ1) is 13.9. The summed E-state index contributed by atoms with van der Waals surface area (Å²) in [7, 11) is 0. The van der Waals surface area contributed by atoms with E-state index in [0.717, 1.165) is 12.1 Å². The van der Waals surface area contributed by atoms with Gasteiger partial charge in [-0.15, -0.1) is 0 Å². The maximum Gasteiger partial charge on any atom is 0.257 e. The van der Waals surface area contributed by atoms with Crippen LogP contribution in [0.3, 0.4) is 0 Å². The minimum atomic E-state index is -1.01. The van der Waals surface area contributed by atoms with Crippen LogP contribution in [-0.4, -0.2) is 17.4 Å². The summed E-state index contributed by atoms with van der Waals surface area (Å²) >= 11 is 0. The van der Waals surface area contributed by atoms with Gasteiger partial charge in [0.25, 0.3) is 5.91 Å². The third-order valence-electron chi connectivity index (χ3n) is 2.61. The molecule has 0 bridgehead atoms. The van der Waals surface area contributed by atoms with Crippen LogP contribution >= 0.6 is 0 Å². The Balaban J connectivity index is 2.21. The maximum absolute atomic E-state index is 13.1. The van der Waals surface area contributed by atoms with Gasteiger partial charge in [0.1, 0.15) is 0 Å². The molecule has 0 aliphatic carbocycles. The van der Waals surface area contributed by atoms with Gasteiger partial charge in [0, 0.05) is 24.5 Å². The van der Waals surface area contributed by atoms with E-state index in [-0.39, 0.29) is 5.69 Å². The van der Waals surface area contributed by atoms with E-state index in [2.05, 4.69) is 15.6 Å². The number of anilines is 2. The van der Waals surface area contributed by atoms with Gasteiger partial charge in [0.2, 0.25) is 0 Å². The second-order valence-corrected chi connectivity index (χ2v) is 4.03. The van der Waals surface area contributed by atoms with Gasteiger partial charge in [-0.05, 0) is 25.1 Å². The minimum Gasteiger partial charge on any atom is -0.383 e. The van der Waals surface area contributed by atoms with Crippen molar-refractivity contribution in [2.75, 3.05) is 17.2 Å². The van der Waals surface area contributed by atoms with Crippen molar-refractivity contribution in [3.63, 3.8) is 0 Å². The van der Waals surface area contributed by atoms with E-state index in [9.17, 15) is 13.6 Å². The Morgan fingerprint density at radius 2 is 2.05 bits per heavy atom. The van der Waals surface area contributed by atoms with E-state index in [1.807, 2.05) is 6.92 Å². The Labute approximate surface area is 114 Å². The summed E-state index contributed by atoms with van der Waals surface area (Å²) in [6, 6.07) is 4.74. The van der Waals surface area contributed by atoms with Crippen LogP contribution in [0, 0.1) is 11.6 Å². The molecule has 0 fully saturated rings. The summed E-state index contributed by atoms with van der Waals surface area (Å²) in [5.41, 5.74) is 1.15. The highest BCUT2D eigenvalue weighted by molar-refractivity contribution is 6.07. The molecule has 0 saturated carbocycles. The van der Waals surface area contributed by atoms with E-state index in [1.54, 1.807) is 6.07 Å². The lowest BCUT2D eigenvalue weighted by Crippen LogP contribution is -2.15. The topological polar surface area (TPSA) is 54.0 Å². The first-order valence-corrected chi connectivity index (χ1v) is 6.06. The van der Waals surface area contributed by atoms with Gasteiger partial charge in [-0.25, -0.2) is 8.78 Å². The second-order valence-electron chi connectivity index (χ2n) is 4.03. The van der Waals surface area contributed by atoms with E-state index >= 15 is 0 Å². The number of carbonyl (C=O) groups excluding carboxylic acids is 1. The quantitative estimate of drug-likeness (QED) is 0.903. The van der Waals surface area contributed by atoms with Crippen molar-refractivity contribution in [2.24, 2.45) is 0 Å². The number of benzene rings is 1. The molecule has 1 aromatic heterocycles. The molecular weight excluding hydrogens is 264 g/mol. The number of nitrogens with zero attached hydrogens (tertiary/aromatic N) is 1. The average molecular weight is 277 g/mol. The average Bonchev–Trinajstić information content (AvgIpc) is 2.44. The van der Waals surface area contributed by atoms with Crippen LogP contribution in [0.25, 0.3) is 0 Å². The van der Waals surface area contributed by atoms with Crippen molar-refractivity contribution in [1.29, 1.82) is 0 Å². The Morgan fingerprint density at radius 3 is 2.75 bits per heavy atom. The number of halogens is 2. The van der Waals surface area contributed by atoms with E-state index < -0.39 is 17.5 Å². The Bertz CT molecular complexity index is 632. The summed E-state index contributed by atoms with van der Waals surface area (Å²) in [6.45, 7) is 2.53. The Kier molecular flexibility index (Phi) is 4.24. The highest BCUT2D eigenvalue weighted by Gasteiger charge is 2.12. The fraction of sp³-hybridized carbons (Fsp3) is 0.143. The molecule has 1 heterocycles. The first-order chi connectivity index (χ1) is 9.61. The number of aromatic nitrogens is 1. The van der Waals surface area contributed by atoms with E-state index in [0.29, 0.717) is 17.8 Å². The lowest BCUT2D eigenvalue weighted by Gasteiger charge is -2.10. The number of rotatable bonds is 4. The molecule has 2 aromatic rings. The van der Waals surface area contributed by atoms with Gasteiger partial charge < -0.3 is 10.6 Å². The van der Waals surface area contributed by atoms with Gasteiger partial charge in [-0.2, -0.15) is 0 Å². The second kappa shape index (κ2) is 6.10. The molecule has 1 aromatic carbocycles. The van der Waals surface area contributed by atoms with Crippen molar-refractivity contribution in [3.8, 4) is 0 Å². The molecule has 6 heteroatoms. The summed E-state index contributed by atoms with van der Waals surface area (Å²) < 4.78 is 25.9. The van der Waals surface area contributed by atoms with E-state index in [4.69, 9.17) is 0 Å². The minimum absolute atomic E-state index is 0.188. The van der Waals surface area contributed by atoms with Gasteiger partial charge in [-0.1, -0.05) is 0 Å². The van der Waals surface area contributed by atoms with Crippen LogP contribution < -0.4 is 10.6 Å². The van der Waals surface area contributed by atoms with Crippen LogP contribution in [0.1, 0.15) is 17.3 Å². The molecular formula is C14H13F2N3O. The maximum atomic E-state index is 13.1. The van der Waals surface area contributed by atoms with Crippen molar-refractivity contribution >= 4 is 17.3 Å². The molecule has 0 aliphatic heterocycles. The standard InChI is InChI=1S/C14H13F2N3O/c1-2-18-13-8-17-6-5-10(13)14(20)19-9-3-4-11(15)12(16)7-9/h3-8,18H,2H2,1H3,(H,19,20). The molecule has 0 unspecified atom stereocenters. The highest BCUT2D eigenvalue weighted by Crippen LogP contribution is 2.17. The van der Waals surface area contributed by atoms with Crippen LogP contribution in [0.4, 0.5) is 20.2 Å². The molecule has 4 nitrogen and oxygen atoms in total. The van der Waals surface area contributed by atoms with Crippen molar-refractivity contribution in [3.05, 3.63) is 53.9 Å². The largest absolute Gasteiger partial charge is 0.383 e. The third-order valence-corrected chi connectivity index (χ3v) is 2.61. The zero-order chi connectivity index (χ0) is 14.5. The SMILES string of the molecule is CCNc1cnccc1C(=O)Nc1ccc(F)c(F)c1. The van der Waals surface area contributed by atoms with Gasteiger partial charge in [0.15, 0.2) is 11.6 Å². The van der Waals surface area contributed by atoms with Crippen LogP contribution in [0.2, 0.25) is 0 Å². The number of amides is 1. The number of hydrogen-bond donors (Lipinski definition) is 2. The summed E-state index contributed by atoms with van der Waals surface area (Å²) in [5, 5.41) is 5.52. The lowest BCUT2D eigenvalue weighted by molar-refractivity contribution is 0.102. The smallest absolute Gasteiger partial charge is 0.257 e. The van der Waals surface area contributed by atoms with Gasteiger partial charge in [0.05, 0.1) is 17.4 Å². The fourth-order valence-electron chi connectivity index (χ4n) is 1.70. The molecule has 20 heavy (non-hydrogen) atoms. The van der Waals surface area contributed by atoms with Crippen molar-refractivity contribution in [1.82, 2.24) is 4.98 Å². The molecule has 0 saturated heterocycles. The predicted molar refractivity (Wildman–Crippen MR) is 72.7 cm³/mol. The molecule has 0 aliphatic rings. The van der Waals surface area contributed by atoms with Crippen LogP contribution in [-0.2, 0) is 0 Å². The number of nitrogens with one attached hydrogen (secondary N) is 2. The monoisotopic (exact) mass is 277 g/mol. The zero-order valence-corrected chi connectivity index (χ0v) is 10.8. The Hall–Kier alpha value is -2.50. The zero-order valence-electron chi connectivity index (χ0n) is 10.8. The lowest BCUT2D eigenvalue weighted by atomic mass is 10.2. The highest BCUT2D eigenvalue weighted by atomic mass is 19.2. The molecule has 104 valence electrons.